The molecule has 184 valence electrons. The third-order valence-corrected chi connectivity index (χ3v) is 7.17. The van der Waals surface area contributed by atoms with Crippen molar-refractivity contribution in [1.82, 2.24) is 34.7 Å². The number of imidazole rings is 1. The summed E-state index contributed by atoms with van der Waals surface area (Å²) in [6.45, 7) is 6.17. The summed E-state index contributed by atoms with van der Waals surface area (Å²) >= 11 is 0. The lowest BCUT2D eigenvalue weighted by molar-refractivity contribution is -0.140. The molecule has 2 N–H and O–H groups in total. The van der Waals surface area contributed by atoms with Crippen LogP contribution in [0.4, 0.5) is 11.8 Å². The van der Waals surface area contributed by atoms with Crippen LogP contribution in [-0.2, 0) is 11.3 Å². The van der Waals surface area contributed by atoms with E-state index in [1.165, 1.54) is 12.0 Å². The van der Waals surface area contributed by atoms with Gasteiger partial charge in [-0.25, -0.2) is 19.9 Å². The van der Waals surface area contributed by atoms with Crippen LogP contribution in [0, 0.1) is 12.8 Å². The van der Waals surface area contributed by atoms with Gasteiger partial charge in [-0.1, -0.05) is 12.5 Å². The maximum absolute atomic E-state index is 12.5. The number of aromatic nitrogens is 5. The van der Waals surface area contributed by atoms with Crippen molar-refractivity contribution in [2.45, 2.75) is 32.7 Å². The molecular weight excluding hydrogens is 452 g/mol. The Labute approximate surface area is 210 Å². The molecule has 9 heteroatoms. The van der Waals surface area contributed by atoms with Crippen LogP contribution in [0.15, 0.2) is 48.8 Å². The molecular formula is C27H30N8O. The summed E-state index contributed by atoms with van der Waals surface area (Å²) in [7, 11) is 0. The number of pyridine rings is 1. The molecule has 4 aromatic rings. The summed E-state index contributed by atoms with van der Waals surface area (Å²) in [5.74, 6) is 2.79. The topological polar surface area (TPSA) is 103 Å². The molecule has 6 rings (SSSR count). The molecule has 9 nitrogen and oxygen atoms in total. The number of rotatable bonds is 6. The molecule has 2 fully saturated rings. The van der Waals surface area contributed by atoms with Crippen molar-refractivity contribution >= 4 is 28.7 Å². The van der Waals surface area contributed by atoms with Crippen LogP contribution in [0.1, 0.15) is 30.7 Å². The first-order valence-electron chi connectivity index (χ1n) is 12.6. The van der Waals surface area contributed by atoms with Crippen molar-refractivity contribution in [3.63, 3.8) is 0 Å². The summed E-state index contributed by atoms with van der Waals surface area (Å²) in [4.78, 5) is 38.2. The van der Waals surface area contributed by atoms with E-state index in [-0.39, 0.29) is 5.92 Å². The first-order valence-corrected chi connectivity index (χ1v) is 12.6. The van der Waals surface area contributed by atoms with Gasteiger partial charge in [-0.15, -0.1) is 0 Å². The third-order valence-electron chi connectivity index (χ3n) is 7.17. The number of hydrogen-bond donors (Lipinski definition) is 2. The Morgan fingerprint density at radius 1 is 1.03 bits per heavy atom. The van der Waals surface area contributed by atoms with Crippen LogP contribution in [0.25, 0.3) is 22.3 Å². The number of nitrogens with zero attached hydrogens (tertiary/aromatic N) is 6. The number of carbonyl (C=O) groups excluding carboxylic acids is 1. The number of fused-ring (bicyclic) bond motifs is 1. The zero-order valence-corrected chi connectivity index (χ0v) is 20.4. The summed E-state index contributed by atoms with van der Waals surface area (Å²) < 4.78 is 0. The molecule has 1 aliphatic carbocycles. The van der Waals surface area contributed by atoms with Gasteiger partial charge in [0.2, 0.25) is 11.9 Å². The Morgan fingerprint density at radius 3 is 2.64 bits per heavy atom. The highest BCUT2D eigenvalue weighted by Gasteiger charge is 2.31. The molecule has 0 spiro atoms. The molecule has 0 bridgehead atoms. The average molecular weight is 483 g/mol. The van der Waals surface area contributed by atoms with Gasteiger partial charge in [0, 0.05) is 56.6 Å². The molecule has 0 radical (unpaired) electrons. The Kier molecular flexibility index (Phi) is 6.06. The number of piperazine rings is 1. The quantitative estimate of drug-likeness (QED) is 0.429. The molecule has 2 aliphatic rings. The number of hydrogen-bond acceptors (Lipinski definition) is 7. The lowest BCUT2D eigenvalue weighted by Crippen LogP contribution is -2.50. The van der Waals surface area contributed by atoms with Crippen molar-refractivity contribution in [2.75, 3.05) is 31.5 Å². The number of nitrogens with one attached hydrogen (secondary N) is 2. The fourth-order valence-corrected chi connectivity index (χ4v) is 4.91. The first kappa shape index (κ1) is 22.6. The van der Waals surface area contributed by atoms with Crippen LogP contribution >= 0.6 is 0 Å². The van der Waals surface area contributed by atoms with Crippen LogP contribution in [0.3, 0.4) is 0 Å². The van der Waals surface area contributed by atoms with E-state index in [4.69, 9.17) is 0 Å². The van der Waals surface area contributed by atoms with Gasteiger partial charge in [0.15, 0.2) is 0 Å². The molecule has 1 aliphatic heterocycles. The molecule has 1 amide bonds. The second kappa shape index (κ2) is 9.66. The highest BCUT2D eigenvalue weighted by molar-refractivity contribution is 5.83. The Balaban J connectivity index is 1.10. The summed E-state index contributed by atoms with van der Waals surface area (Å²) in [5.41, 5.74) is 4.88. The van der Waals surface area contributed by atoms with E-state index in [1.807, 2.05) is 37.4 Å². The van der Waals surface area contributed by atoms with Gasteiger partial charge in [-0.3, -0.25) is 9.69 Å². The maximum Gasteiger partial charge on any atom is 0.225 e. The van der Waals surface area contributed by atoms with Gasteiger partial charge in [-0.2, -0.15) is 0 Å². The fraction of sp³-hybridized carbons (Fsp3) is 0.370. The third kappa shape index (κ3) is 4.79. The number of H-pyrrole nitrogens is 1. The Bertz CT molecular complexity index is 1390. The largest absolute Gasteiger partial charge is 0.340 e. The normalized spacial score (nSPS) is 16.8. The number of benzene rings is 1. The molecule has 36 heavy (non-hydrogen) atoms. The average Bonchev–Trinajstić information content (AvgIpc) is 3.25. The van der Waals surface area contributed by atoms with E-state index >= 15 is 0 Å². The molecule has 0 unspecified atom stereocenters. The minimum atomic E-state index is 0.284. The fourth-order valence-electron chi connectivity index (χ4n) is 4.91. The van der Waals surface area contributed by atoms with Crippen LogP contribution in [0.2, 0.25) is 0 Å². The number of amides is 1. The van der Waals surface area contributed by atoms with Gasteiger partial charge in [0.1, 0.15) is 11.6 Å². The predicted molar refractivity (Wildman–Crippen MR) is 139 cm³/mol. The van der Waals surface area contributed by atoms with Crippen molar-refractivity contribution in [3.05, 3.63) is 60.2 Å². The van der Waals surface area contributed by atoms with Crippen LogP contribution in [0.5, 0.6) is 0 Å². The molecule has 4 heterocycles. The Morgan fingerprint density at radius 2 is 1.86 bits per heavy atom. The number of aryl methyl sites for hydroxylation is 1. The SMILES string of the molecule is Cc1nccc(-c2ccc3nc(Nc4cc(CN5CCN(C(=O)C6CCC6)CC5)ccn4)[nH]c3c2)n1. The van der Waals surface area contributed by atoms with Gasteiger partial charge in [-0.05, 0) is 55.7 Å². The standard InChI is InChI=1S/C27H30N8O/c1-18-28-10-8-22(30-18)21-5-6-23-24(16-21)32-27(31-23)33-25-15-19(7-9-29-25)17-34-11-13-35(14-12-34)26(36)20-3-2-4-20/h5-10,15-16,20H,2-4,11-14,17H2,1H3,(H2,29,31,32,33). The zero-order chi connectivity index (χ0) is 24.5. The van der Waals surface area contributed by atoms with Gasteiger partial charge >= 0.3 is 0 Å². The lowest BCUT2D eigenvalue weighted by atomic mass is 9.84. The summed E-state index contributed by atoms with van der Waals surface area (Å²) in [6, 6.07) is 12.1. The van der Waals surface area contributed by atoms with Crippen LogP contribution < -0.4 is 5.32 Å². The highest BCUT2D eigenvalue weighted by atomic mass is 16.2. The molecule has 1 aromatic carbocycles. The van der Waals surface area contributed by atoms with Crippen molar-refractivity contribution < 1.29 is 4.79 Å². The maximum atomic E-state index is 12.5. The van der Waals surface area contributed by atoms with Gasteiger partial charge < -0.3 is 15.2 Å². The van der Waals surface area contributed by atoms with Crippen molar-refractivity contribution in [3.8, 4) is 11.3 Å². The summed E-state index contributed by atoms with van der Waals surface area (Å²) in [5, 5.41) is 3.31. The minimum Gasteiger partial charge on any atom is -0.340 e. The van der Waals surface area contributed by atoms with Gasteiger partial charge in [0.05, 0.1) is 16.7 Å². The number of anilines is 2. The van der Waals surface area contributed by atoms with E-state index in [0.29, 0.717) is 11.9 Å². The molecule has 0 atom stereocenters. The van der Waals surface area contributed by atoms with E-state index in [1.54, 1.807) is 6.20 Å². The van der Waals surface area contributed by atoms with E-state index in [2.05, 4.69) is 52.2 Å². The first-order chi connectivity index (χ1) is 17.6. The molecule has 1 saturated carbocycles. The van der Waals surface area contributed by atoms with Crippen molar-refractivity contribution in [2.24, 2.45) is 5.92 Å². The Hall–Kier alpha value is -3.85. The summed E-state index contributed by atoms with van der Waals surface area (Å²) in [6.07, 6.45) is 6.94. The van der Waals surface area contributed by atoms with Gasteiger partial charge in [0.25, 0.3) is 0 Å². The zero-order valence-electron chi connectivity index (χ0n) is 20.4. The monoisotopic (exact) mass is 482 g/mol. The molecule has 3 aromatic heterocycles. The number of aromatic amines is 1. The second-order valence-corrected chi connectivity index (χ2v) is 9.71. The lowest BCUT2D eigenvalue weighted by Gasteiger charge is -2.38. The minimum absolute atomic E-state index is 0.284. The van der Waals surface area contributed by atoms with E-state index in [9.17, 15) is 4.79 Å². The van der Waals surface area contributed by atoms with Crippen LogP contribution in [-0.4, -0.2) is 66.8 Å². The molecule has 1 saturated heterocycles. The highest BCUT2D eigenvalue weighted by Crippen LogP contribution is 2.29. The van der Waals surface area contributed by atoms with E-state index in [0.717, 1.165) is 79.5 Å². The number of carbonyl (C=O) groups is 1. The smallest absolute Gasteiger partial charge is 0.225 e. The van der Waals surface area contributed by atoms with Crippen molar-refractivity contribution in [1.29, 1.82) is 0 Å². The second-order valence-electron chi connectivity index (χ2n) is 9.71. The van der Waals surface area contributed by atoms with E-state index < -0.39 is 0 Å². The predicted octanol–water partition coefficient (Wildman–Crippen LogP) is 3.91.